The lowest BCUT2D eigenvalue weighted by Gasteiger charge is -2.27. The zero-order valence-corrected chi connectivity index (χ0v) is 9.56. The molecule has 1 aromatic rings. The van der Waals surface area contributed by atoms with E-state index in [0.717, 1.165) is 12.2 Å². The van der Waals surface area contributed by atoms with E-state index in [1.807, 2.05) is 13.0 Å². The summed E-state index contributed by atoms with van der Waals surface area (Å²) in [6, 6.07) is 5.57. The number of fused-ring (bicyclic) bond motifs is 1. The monoisotopic (exact) mass is 226 g/mol. The summed E-state index contributed by atoms with van der Waals surface area (Å²) >= 11 is 0. The Morgan fingerprint density at radius 3 is 2.80 bits per heavy atom. The Kier molecular flexibility index (Phi) is 2.34. The third-order valence-corrected chi connectivity index (χ3v) is 3.55. The highest BCUT2D eigenvalue weighted by atomic mass is 32.2. The Bertz CT molecular complexity index is 482. The summed E-state index contributed by atoms with van der Waals surface area (Å²) in [6.07, 6.45) is 1.22. The average molecular weight is 226 g/mol. The molecule has 0 saturated heterocycles. The molecule has 1 heterocycles. The van der Waals surface area contributed by atoms with Crippen LogP contribution in [0.5, 0.6) is 0 Å². The average Bonchev–Trinajstić information content (AvgIpc) is 2.15. The molecule has 1 unspecified atom stereocenters. The van der Waals surface area contributed by atoms with Gasteiger partial charge in [0.05, 0.1) is 16.3 Å². The molecule has 0 saturated carbocycles. The molecule has 15 heavy (non-hydrogen) atoms. The predicted octanol–water partition coefficient (Wildman–Crippen LogP) is 1.32. The van der Waals surface area contributed by atoms with Gasteiger partial charge < -0.3 is 10.6 Å². The maximum absolute atomic E-state index is 11.5. The summed E-state index contributed by atoms with van der Waals surface area (Å²) in [5, 5.41) is 6.39. The van der Waals surface area contributed by atoms with Crippen molar-refractivity contribution < 1.29 is 8.42 Å². The summed E-state index contributed by atoms with van der Waals surface area (Å²) in [5.41, 5.74) is 1.55. The number of sulfone groups is 1. The third-order valence-electron chi connectivity index (χ3n) is 2.41. The minimum Gasteiger partial charge on any atom is -0.380 e. The van der Waals surface area contributed by atoms with Crippen molar-refractivity contribution in [3.63, 3.8) is 0 Å². The van der Waals surface area contributed by atoms with Crippen molar-refractivity contribution >= 4 is 21.2 Å². The van der Waals surface area contributed by atoms with Crippen LogP contribution < -0.4 is 10.6 Å². The Labute approximate surface area is 89.6 Å². The molecule has 2 N–H and O–H groups in total. The van der Waals surface area contributed by atoms with Gasteiger partial charge in [-0.3, -0.25) is 0 Å². The van der Waals surface area contributed by atoms with Crippen molar-refractivity contribution in [2.24, 2.45) is 0 Å². The van der Waals surface area contributed by atoms with Crippen molar-refractivity contribution in [1.29, 1.82) is 0 Å². The lowest BCUT2D eigenvalue weighted by Crippen LogP contribution is -2.30. The van der Waals surface area contributed by atoms with Crippen LogP contribution in [0, 0.1) is 0 Å². The molecule has 1 aliphatic rings. The highest BCUT2D eigenvalue weighted by molar-refractivity contribution is 7.90. The topological polar surface area (TPSA) is 58.2 Å². The van der Waals surface area contributed by atoms with Crippen molar-refractivity contribution in [1.82, 2.24) is 0 Å². The van der Waals surface area contributed by atoms with E-state index in [9.17, 15) is 8.42 Å². The smallest absolute Gasteiger partial charge is 0.177 e. The zero-order valence-electron chi connectivity index (χ0n) is 8.74. The van der Waals surface area contributed by atoms with Gasteiger partial charge in [-0.25, -0.2) is 8.42 Å². The van der Waals surface area contributed by atoms with Crippen molar-refractivity contribution in [3.05, 3.63) is 18.2 Å². The van der Waals surface area contributed by atoms with Crippen LogP contribution in [-0.2, 0) is 9.84 Å². The molecule has 1 aliphatic heterocycles. The lowest BCUT2D eigenvalue weighted by atomic mass is 10.2. The first kappa shape index (κ1) is 10.3. The van der Waals surface area contributed by atoms with Gasteiger partial charge in [0.25, 0.3) is 0 Å². The fourth-order valence-corrected chi connectivity index (χ4v) is 2.59. The normalized spacial score (nSPS) is 20.0. The van der Waals surface area contributed by atoms with Gasteiger partial charge in [-0.15, -0.1) is 0 Å². The molecule has 0 fully saturated rings. The number of benzene rings is 1. The minimum atomic E-state index is -3.16. The summed E-state index contributed by atoms with van der Waals surface area (Å²) < 4.78 is 23.0. The second-order valence-electron chi connectivity index (χ2n) is 3.88. The minimum absolute atomic E-state index is 0.312. The molecule has 4 nitrogen and oxygen atoms in total. The SMILES string of the molecule is CC1CNc2c(cccc2S(C)(=O)=O)N1. The lowest BCUT2D eigenvalue weighted by molar-refractivity contribution is 0.602. The Morgan fingerprint density at radius 2 is 2.13 bits per heavy atom. The van der Waals surface area contributed by atoms with Crippen molar-refractivity contribution in [2.75, 3.05) is 23.4 Å². The molecule has 1 atom stereocenters. The van der Waals surface area contributed by atoms with E-state index in [2.05, 4.69) is 10.6 Å². The summed E-state index contributed by atoms with van der Waals surface area (Å²) in [7, 11) is -3.16. The molecule has 5 heteroatoms. The number of anilines is 2. The van der Waals surface area contributed by atoms with Crippen LogP contribution in [0.2, 0.25) is 0 Å². The summed E-state index contributed by atoms with van der Waals surface area (Å²) in [4.78, 5) is 0.361. The van der Waals surface area contributed by atoms with Gasteiger partial charge in [0.15, 0.2) is 9.84 Å². The molecule has 0 spiro atoms. The molecule has 2 rings (SSSR count). The first-order valence-corrected chi connectivity index (χ1v) is 6.71. The molecule has 82 valence electrons. The molecule has 0 bridgehead atoms. The van der Waals surface area contributed by atoms with Crippen LogP contribution in [0.15, 0.2) is 23.1 Å². The van der Waals surface area contributed by atoms with Gasteiger partial charge in [0.1, 0.15) is 0 Å². The van der Waals surface area contributed by atoms with Crippen LogP contribution in [0.1, 0.15) is 6.92 Å². The number of hydrogen-bond acceptors (Lipinski definition) is 4. The quantitative estimate of drug-likeness (QED) is 0.758. The van der Waals surface area contributed by atoms with Gasteiger partial charge in [-0.05, 0) is 19.1 Å². The van der Waals surface area contributed by atoms with Crippen LogP contribution in [-0.4, -0.2) is 27.3 Å². The second-order valence-corrected chi connectivity index (χ2v) is 5.86. The first-order chi connectivity index (χ1) is 6.98. The van der Waals surface area contributed by atoms with Crippen molar-refractivity contribution in [2.45, 2.75) is 17.9 Å². The number of hydrogen-bond donors (Lipinski definition) is 2. The molecular weight excluding hydrogens is 212 g/mol. The molecule has 1 aromatic carbocycles. The summed E-state index contributed by atoms with van der Waals surface area (Å²) in [6.45, 7) is 2.78. The van der Waals surface area contributed by atoms with Crippen LogP contribution in [0.3, 0.4) is 0 Å². The molecule has 0 aliphatic carbocycles. The fourth-order valence-electron chi connectivity index (χ4n) is 1.71. The van der Waals surface area contributed by atoms with E-state index < -0.39 is 9.84 Å². The highest BCUT2D eigenvalue weighted by Crippen LogP contribution is 2.32. The number of para-hydroxylation sites is 1. The maximum Gasteiger partial charge on any atom is 0.177 e. The molecule has 0 radical (unpaired) electrons. The third kappa shape index (κ3) is 1.92. The fraction of sp³-hybridized carbons (Fsp3) is 0.400. The highest BCUT2D eigenvalue weighted by Gasteiger charge is 2.20. The van der Waals surface area contributed by atoms with E-state index in [0.29, 0.717) is 16.6 Å². The van der Waals surface area contributed by atoms with Crippen molar-refractivity contribution in [3.8, 4) is 0 Å². The first-order valence-electron chi connectivity index (χ1n) is 4.82. The van der Waals surface area contributed by atoms with E-state index >= 15 is 0 Å². The van der Waals surface area contributed by atoms with E-state index in [1.165, 1.54) is 6.26 Å². The van der Waals surface area contributed by atoms with Gasteiger partial charge in [0, 0.05) is 18.8 Å². The number of rotatable bonds is 1. The molecular formula is C10H14N2O2S. The van der Waals surface area contributed by atoms with Crippen LogP contribution >= 0.6 is 0 Å². The summed E-state index contributed by atoms with van der Waals surface area (Å²) in [5.74, 6) is 0. The number of nitrogens with one attached hydrogen (secondary N) is 2. The predicted molar refractivity (Wildman–Crippen MR) is 61.1 cm³/mol. The van der Waals surface area contributed by atoms with Crippen LogP contribution in [0.4, 0.5) is 11.4 Å². The van der Waals surface area contributed by atoms with Gasteiger partial charge in [-0.2, -0.15) is 0 Å². The second kappa shape index (κ2) is 3.41. The largest absolute Gasteiger partial charge is 0.380 e. The van der Waals surface area contributed by atoms with Gasteiger partial charge >= 0.3 is 0 Å². The van der Waals surface area contributed by atoms with E-state index in [1.54, 1.807) is 12.1 Å². The standard InChI is InChI=1S/C10H14N2O2S/c1-7-6-11-10-8(12-7)4-3-5-9(10)15(2,13)14/h3-5,7,11-12H,6H2,1-2H3. The molecule has 0 amide bonds. The Balaban J connectivity index is 2.56. The van der Waals surface area contributed by atoms with E-state index in [-0.39, 0.29) is 0 Å². The van der Waals surface area contributed by atoms with Gasteiger partial charge in [0.2, 0.25) is 0 Å². The molecule has 0 aromatic heterocycles. The Hall–Kier alpha value is -1.23. The Morgan fingerprint density at radius 1 is 1.40 bits per heavy atom. The van der Waals surface area contributed by atoms with E-state index in [4.69, 9.17) is 0 Å². The van der Waals surface area contributed by atoms with Gasteiger partial charge in [-0.1, -0.05) is 6.07 Å². The maximum atomic E-state index is 11.5. The van der Waals surface area contributed by atoms with Crippen LogP contribution in [0.25, 0.3) is 0 Å². The zero-order chi connectivity index (χ0) is 11.1.